The number of ether oxygens (including phenoxy) is 2. The lowest BCUT2D eigenvalue weighted by Gasteiger charge is -2.31. The summed E-state index contributed by atoms with van der Waals surface area (Å²) in [5.41, 5.74) is 0. The van der Waals surface area contributed by atoms with Gasteiger partial charge in [-0.1, -0.05) is 0 Å². The number of likely N-dealkylation sites (tertiary alicyclic amines) is 1. The zero-order valence-corrected chi connectivity index (χ0v) is 12.1. The molecule has 20 heavy (non-hydrogen) atoms. The van der Waals surface area contributed by atoms with Gasteiger partial charge in [-0.3, -0.25) is 9.69 Å². The largest absolute Gasteiger partial charge is 0.480 e. The number of aliphatic carboxylic acids is 1. The van der Waals surface area contributed by atoms with Crippen LogP contribution >= 0.6 is 0 Å². The number of carbonyl (C=O) groups is 2. The monoisotopic (exact) mass is 288 g/mol. The molecular formula is C13H24N2O5. The zero-order valence-electron chi connectivity index (χ0n) is 12.1. The van der Waals surface area contributed by atoms with Gasteiger partial charge in [0, 0.05) is 26.2 Å². The van der Waals surface area contributed by atoms with E-state index < -0.39 is 5.97 Å². The Morgan fingerprint density at radius 1 is 1.40 bits per heavy atom. The smallest absolute Gasteiger partial charge is 0.329 e. The molecule has 0 aromatic rings. The van der Waals surface area contributed by atoms with Gasteiger partial charge in [0.05, 0.1) is 19.3 Å². The minimum atomic E-state index is -0.945. The fraction of sp³-hybridized carbons (Fsp3) is 0.846. The molecule has 0 aliphatic carbocycles. The van der Waals surface area contributed by atoms with Crippen molar-refractivity contribution in [2.24, 2.45) is 0 Å². The topological polar surface area (TPSA) is 88.1 Å². The molecule has 1 unspecified atom stereocenters. The SMILES string of the molecule is COCC(C)NC(=O)CN1CCC(OCC(=O)O)CC1. The molecule has 1 aliphatic rings. The highest BCUT2D eigenvalue weighted by atomic mass is 16.5. The number of carbonyl (C=O) groups excluding carboxylic acids is 1. The van der Waals surface area contributed by atoms with Crippen molar-refractivity contribution in [1.82, 2.24) is 10.2 Å². The third-order valence-corrected chi connectivity index (χ3v) is 3.17. The first kappa shape index (κ1) is 16.9. The predicted octanol–water partition coefficient (Wildman–Crippen LogP) is -0.297. The van der Waals surface area contributed by atoms with E-state index in [1.54, 1.807) is 7.11 Å². The Balaban J connectivity index is 2.18. The normalized spacial score (nSPS) is 18.7. The molecule has 1 amide bonds. The average molecular weight is 288 g/mol. The first-order valence-electron chi connectivity index (χ1n) is 6.85. The van der Waals surface area contributed by atoms with Gasteiger partial charge in [-0.05, 0) is 19.8 Å². The predicted molar refractivity (Wildman–Crippen MR) is 72.5 cm³/mol. The summed E-state index contributed by atoms with van der Waals surface area (Å²) in [6, 6.07) is 0.00365. The molecule has 0 aromatic heterocycles. The molecule has 1 rings (SSSR count). The number of carboxylic acid groups (broad SMARTS) is 1. The van der Waals surface area contributed by atoms with Crippen molar-refractivity contribution in [1.29, 1.82) is 0 Å². The quantitative estimate of drug-likeness (QED) is 0.638. The second-order valence-corrected chi connectivity index (χ2v) is 5.10. The van der Waals surface area contributed by atoms with E-state index in [1.165, 1.54) is 0 Å². The van der Waals surface area contributed by atoms with Crippen molar-refractivity contribution in [2.75, 3.05) is 40.0 Å². The summed E-state index contributed by atoms with van der Waals surface area (Å²) in [4.78, 5) is 24.2. The van der Waals surface area contributed by atoms with Gasteiger partial charge < -0.3 is 19.9 Å². The Morgan fingerprint density at radius 2 is 2.05 bits per heavy atom. The lowest BCUT2D eigenvalue weighted by atomic mass is 10.1. The number of hydrogen-bond donors (Lipinski definition) is 2. The summed E-state index contributed by atoms with van der Waals surface area (Å²) >= 11 is 0. The molecule has 7 nitrogen and oxygen atoms in total. The third-order valence-electron chi connectivity index (χ3n) is 3.17. The first-order chi connectivity index (χ1) is 9.51. The van der Waals surface area contributed by atoms with Crippen LogP contribution in [0.5, 0.6) is 0 Å². The number of rotatable bonds is 8. The van der Waals surface area contributed by atoms with Crippen molar-refractivity contribution in [3.05, 3.63) is 0 Å². The fourth-order valence-electron chi connectivity index (χ4n) is 2.24. The molecule has 0 bridgehead atoms. The molecule has 0 saturated carbocycles. The highest BCUT2D eigenvalue weighted by Crippen LogP contribution is 2.13. The molecule has 0 aromatic carbocycles. The van der Waals surface area contributed by atoms with Crippen LogP contribution in [-0.2, 0) is 19.1 Å². The van der Waals surface area contributed by atoms with Crippen LogP contribution in [0.4, 0.5) is 0 Å². The molecule has 1 heterocycles. The van der Waals surface area contributed by atoms with E-state index in [1.807, 2.05) is 6.92 Å². The number of amides is 1. The van der Waals surface area contributed by atoms with Crippen LogP contribution in [0.15, 0.2) is 0 Å². The number of methoxy groups -OCH3 is 1. The summed E-state index contributed by atoms with van der Waals surface area (Å²) in [6.45, 7) is 4.00. The van der Waals surface area contributed by atoms with Crippen molar-refractivity contribution < 1.29 is 24.2 Å². The van der Waals surface area contributed by atoms with Gasteiger partial charge in [0.15, 0.2) is 0 Å². The Labute approximate surface area is 119 Å². The van der Waals surface area contributed by atoms with Crippen LogP contribution in [-0.4, -0.2) is 74.0 Å². The van der Waals surface area contributed by atoms with Gasteiger partial charge >= 0.3 is 5.97 Å². The van der Waals surface area contributed by atoms with E-state index in [-0.39, 0.29) is 24.7 Å². The number of hydrogen-bond acceptors (Lipinski definition) is 5. The molecule has 7 heteroatoms. The highest BCUT2D eigenvalue weighted by molar-refractivity contribution is 5.78. The number of nitrogens with zero attached hydrogens (tertiary/aromatic N) is 1. The molecule has 0 spiro atoms. The van der Waals surface area contributed by atoms with Crippen molar-refractivity contribution in [3.8, 4) is 0 Å². The number of piperidine rings is 1. The fourth-order valence-corrected chi connectivity index (χ4v) is 2.24. The van der Waals surface area contributed by atoms with E-state index in [0.29, 0.717) is 13.2 Å². The molecule has 1 aliphatic heterocycles. The third kappa shape index (κ3) is 6.83. The standard InChI is InChI=1S/C13H24N2O5/c1-10(8-19-2)14-12(16)7-15-5-3-11(4-6-15)20-9-13(17)18/h10-11H,3-9H2,1-2H3,(H,14,16)(H,17,18). The molecule has 116 valence electrons. The zero-order chi connectivity index (χ0) is 15.0. The maximum Gasteiger partial charge on any atom is 0.329 e. The molecular weight excluding hydrogens is 264 g/mol. The average Bonchev–Trinajstić information content (AvgIpc) is 2.37. The minimum Gasteiger partial charge on any atom is -0.480 e. The lowest BCUT2D eigenvalue weighted by Crippen LogP contribution is -2.46. The van der Waals surface area contributed by atoms with Crippen molar-refractivity contribution >= 4 is 11.9 Å². The van der Waals surface area contributed by atoms with Gasteiger partial charge in [0.25, 0.3) is 0 Å². The second kappa shape index (κ2) is 8.89. The van der Waals surface area contributed by atoms with Crippen molar-refractivity contribution in [3.63, 3.8) is 0 Å². The summed E-state index contributed by atoms with van der Waals surface area (Å²) in [7, 11) is 1.60. The maximum absolute atomic E-state index is 11.8. The number of nitrogens with one attached hydrogen (secondary N) is 1. The highest BCUT2D eigenvalue weighted by Gasteiger charge is 2.22. The molecule has 1 fully saturated rings. The Morgan fingerprint density at radius 3 is 2.60 bits per heavy atom. The molecule has 0 radical (unpaired) electrons. The van der Waals surface area contributed by atoms with E-state index in [4.69, 9.17) is 14.6 Å². The van der Waals surface area contributed by atoms with Gasteiger partial charge in [0.2, 0.25) is 5.91 Å². The summed E-state index contributed by atoms with van der Waals surface area (Å²) in [5, 5.41) is 11.4. The second-order valence-electron chi connectivity index (χ2n) is 5.10. The maximum atomic E-state index is 11.8. The Hall–Kier alpha value is -1.18. The van der Waals surface area contributed by atoms with Crippen LogP contribution in [0.2, 0.25) is 0 Å². The van der Waals surface area contributed by atoms with E-state index in [9.17, 15) is 9.59 Å². The number of carboxylic acids is 1. The summed E-state index contributed by atoms with van der Waals surface area (Å²) in [6.07, 6.45) is 1.50. The van der Waals surface area contributed by atoms with E-state index in [0.717, 1.165) is 25.9 Å². The van der Waals surface area contributed by atoms with Crippen LogP contribution < -0.4 is 5.32 Å². The Kier molecular flexibility index (Phi) is 7.50. The van der Waals surface area contributed by atoms with Gasteiger partial charge in [-0.15, -0.1) is 0 Å². The molecule has 1 saturated heterocycles. The van der Waals surface area contributed by atoms with Crippen LogP contribution in [0.3, 0.4) is 0 Å². The van der Waals surface area contributed by atoms with Crippen molar-refractivity contribution in [2.45, 2.75) is 31.9 Å². The van der Waals surface area contributed by atoms with Crippen LogP contribution in [0, 0.1) is 0 Å². The first-order valence-corrected chi connectivity index (χ1v) is 6.85. The minimum absolute atomic E-state index is 0.00365. The summed E-state index contributed by atoms with van der Waals surface area (Å²) < 4.78 is 10.2. The summed E-state index contributed by atoms with van der Waals surface area (Å²) in [5.74, 6) is -0.960. The van der Waals surface area contributed by atoms with E-state index in [2.05, 4.69) is 10.2 Å². The van der Waals surface area contributed by atoms with Gasteiger partial charge in [0.1, 0.15) is 6.61 Å². The lowest BCUT2D eigenvalue weighted by molar-refractivity contribution is -0.145. The van der Waals surface area contributed by atoms with Crippen LogP contribution in [0.25, 0.3) is 0 Å². The van der Waals surface area contributed by atoms with Crippen LogP contribution in [0.1, 0.15) is 19.8 Å². The molecule has 2 N–H and O–H groups in total. The Bertz CT molecular complexity index is 316. The van der Waals surface area contributed by atoms with Gasteiger partial charge in [-0.25, -0.2) is 4.79 Å². The van der Waals surface area contributed by atoms with Gasteiger partial charge in [-0.2, -0.15) is 0 Å². The molecule has 1 atom stereocenters. The van der Waals surface area contributed by atoms with E-state index >= 15 is 0 Å².